The Bertz CT molecular complexity index is 699. The molecule has 0 aliphatic rings. The van der Waals surface area contributed by atoms with Gasteiger partial charge in [0.05, 0.1) is 25.9 Å². The maximum absolute atomic E-state index is 11.7. The summed E-state index contributed by atoms with van der Waals surface area (Å²) in [6.45, 7) is 16.6. The van der Waals surface area contributed by atoms with Gasteiger partial charge in [-0.2, -0.15) is 0 Å². The quantitative estimate of drug-likeness (QED) is 0.151. The first-order valence-corrected chi connectivity index (χ1v) is 14.6. The van der Waals surface area contributed by atoms with E-state index in [0.29, 0.717) is 0 Å². The van der Waals surface area contributed by atoms with Gasteiger partial charge in [0.25, 0.3) is 0 Å². The van der Waals surface area contributed by atoms with E-state index in [9.17, 15) is 23.6 Å². The van der Waals surface area contributed by atoms with Crippen molar-refractivity contribution in [2.75, 3.05) is 19.8 Å². The van der Waals surface area contributed by atoms with E-state index in [1.54, 1.807) is 13.8 Å². The monoisotopic (exact) mass is 597 g/mol. The third-order valence-electron chi connectivity index (χ3n) is 3.66. The predicted octanol–water partition coefficient (Wildman–Crippen LogP) is 6.12. The number of hydrogen-bond donors (Lipinski definition) is 4. The summed E-state index contributed by atoms with van der Waals surface area (Å²) < 4.78 is 41.9. The fraction of sp³-hybridized carbons (Fsp3) is 0.917. The lowest BCUT2D eigenvalue weighted by Crippen LogP contribution is -2.48. The largest absolute Gasteiger partial charge is 0.480 e. The minimum Gasteiger partial charge on any atom is -0.480 e. The van der Waals surface area contributed by atoms with Crippen molar-refractivity contribution in [3.63, 3.8) is 0 Å². The molecule has 0 aromatic heterocycles. The van der Waals surface area contributed by atoms with Crippen LogP contribution in [-0.4, -0.2) is 58.7 Å². The van der Waals surface area contributed by atoms with Gasteiger partial charge in [0.1, 0.15) is 0 Å². The summed E-state index contributed by atoms with van der Waals surface area (Å²) in [5.74, 6) is -1.29. The first-order chi connectivity index (χ1) is 15.8. The second kappa shape index (κ2) is 22.9. The molecular weight excluding hydrogens is 540 g/mol. The van der Waals surface area contributed by atoms with Gasteiger partial charge in [-0.05, 0) is 30.6 Å². The number of amides is 1. The molecular formula is C24H57NO11P2. The molecule has 0 saturated carbocycles. The number of nitrogens with one attached hydrogen (secondary N) is 1. The maximum Gasteiger partial charge on any atom is 0.472 e. The van der Waals surface area contributed by atoms with Gasteiger partial charge in [0.15, 0.2) is 6.04 Å². The highest BCUT2D eigenvalue weighted by molar-refractivity contribution is 7.47. The van der Waals surface area contributed by atoms with Crippen molar-refractivity contribution in [2.24, 2.45) is 23.7 Å². The molecule has 0 rings (SSSR count). The molecule has 0 saturated heterocycles. The van der Waals surface area contributed by atoms with Crippen LogP contribution in [0.5, 0.6) is 0 Å². The standard InChI is InChI=1S/C13H26NO7P.C8H19O4P.3CH4/c1-8(2)6-11(15)14-12(13(16)17)10(5)21-22(18,19)20-7-9(3)4;1-7(2)5-11-13(9,10)12-6-8(3)4;;;/h8-10,12H,6-7H2,1-5H3,(H,14,15)(H,16,17)(H,18,19);7-8H,5-6H2,1-4H3,(H,9,10);3*1H4. The van der Waals surface area contributed by atoms with E-state index in [1.807, 2.05) is 41.5 Å². The number of carboxylic acid groups (broad SMARTS) is 1. The molecule has 0 heterocycles. The lowest BCUT2D eigenvalue weighted by molar-refractivity contribution is -0.144. The molecule has 12 nitrogen and oxygen atoms in total. The molecule has 0 bridgehead atoms. The SMILES string of the molecule is C.C.C.CC(C)COP(=O)(O)OC(C)C(NC(=O)CC(C)C)C(=O)O.CC(C)COP(=O)(O)OCC(C)C. The van der Waals surface area contributed by atoms with Gasteiger partial charge in [-0.25, -0.2) is 13.9 Å². The number of rotatable bonds is 16. The molecule has 0 radical (unpaired) electrons. The molecule has 0 aliphatic carbocycles. The van der Waals surface area contributed by atoms with Crippen molar-refractivity contribution >= 4 is 27.5 Å². The minimum absolute atomic E-state index is 0. The Labute approximate surface area is 231 Å². The van der Waals surface area contributed by atoms with Crippen molar-refractivity contribution in [1.29, 1.82) is 0 Å². The van der Waals surface area contributed by atoms with Crippen LogP contribution in [0.4, 0.5) is 0 Å². The Balaban J connectivity index is -0.000000197. The van der Waals surface area contributed by atoms with Crippen LogP contribution in [0.2, 0.25) is 0 Å². The van der Waals surface area contributed by atoms with E-state index >= 15 is 0 Å². The highest BCUT2D eigenvalue weighted by atomic mass is 31.2. The molecule has 0 aromatic carbocycles. The number of aliphatic carboxylic acids is 1. The van der Waals surface area contributed by atoms with Crippen LogP contribution in [0.15, 0.2) is 0 Å². The summed E-state index contributed by atoms with van der Waals surface area (Å²) in [5, 5.41) is 11.4. The van der Waals surface area contributed by atoms with Gasteiger partial charge < -0.3 is 20.2 Å². The van der Waals surface area contributed by atoms with E-state index in [4.69, 9.17) is 28.1 Å². The van der Waals surface area contributed by atoms with Gasteiger partial charge in [-0.3, -0.25) is 22.9 Å². The Morgan fingerprint density at radius 2 is 1.03 bits per heavy atom. The average molecular weight is 598 g/mol. The van der Waals surface area contributed by atoms with Gasteiger partial charge in [-0.15, -0.1) is 0 Å². The van der Waals surface area contributed by atoms with Gasteiger partial charge in [0, 0.05) is 6.42 Å². The lowest BCUT2D eigenvalue weighted by Gasteiger charge is -2.24. The van der Waals surface area contributed by atoms with E-state index in [0.717, 1.165) is 0 Å². The highest BCUT2D eigenvalue weighted by Crippen LogP contribution is 2.45. The molecule has 3 unspecified atom stereocenters. The summed E-state index contributed by atoms with van der Waals surface area (Å²) in [6.07, 6.45) is -1.08. The normalized spacial score (nSPS) is 14.3. The van der Waals surface area contributed by atoms with Crippen molar-refractivity contribution in [1.82, 2.24) is 5.32 Å². The van der Waals surface area contributed by atoms with Crippen molar-refractivity contribution in [2.45, 2.75) is 103 Å². The smallest absolute Gasteiger partial charge is 0.472 e. The third kappa shape index (κ3) is 28.2. The minimum atomic E-state index is -4.38. The Hall–Kier alpha value is -0.840. The highest BCUT2D eigenvalue weighted by Gasteiger charge is 2.34. The zero-order valence-electron chi connectivity index (χ0n) is 22.3. The Kier molecular flexibility index (Phi) is 28.3. The molecule has 1 amide bonds. The van der Waals surface area contributed by atoms with Gasteiger partial charge >= 0.3 is 21.6 Å². The Morgan fingerprint density at radius 1 is 0.684 bits per heavy atom. The van der Waals surface area contributed by atoms with Crippen LogP contribution in [0, 0.1) is 23.7 Å². The number of phosphoric acid groups is 2. The summed E-state index contributed by atoms with van der Waals surface area (Å²) in [4.78, 5) is 41.5. The molecule has 38 heavy (non-hydrogen) atoms. The number of carboxylic acids is 1. The second-order valence-electron chi connectivity index (χ2n) is 9.80. The second-order valence-corrected chi connectivity index (χ2v) is 12.7. The van der Waals surface area contributed by atoms with Crippen molar-refractivity contribution in [3.8, 4) is 0 Å². The van der Waals surface area contributed by atoms with E-state index in [1.165, 1.54) is 6.92 Å². The fourth-order valence-corrected chi connectivity index (χ4v) is 4.19. The molecule has 0 aromatic rings. The van der Waals surface area contributed by atoms with E-state index in [-0.39, 0.29) is 72.2 Å². The number of carbonyl (C=O) groups excluding carboxylic acids is 1. The van der Waals surface area contributed by atoms with E-state index < -0.39 is 39.7 Å². The number of phosphoric ester groups is 2. The van der Waals surface area contributed by atoms with Crippen LogP contribution in [-0.2, 0) is 36.8 Å². The third-order valence-corrected chi connectivity index (χ3v) is 5.68. The topological polar surface area (TPSA) is 178 Å². The molecule has 3 atom stereocenters. The van der Waals surface area contributed by atoms with Gasteiger partial charge in [0.2, 0.25) is 5.91 Å². The van der Waals surface area contributed by atoms with Crippen molar-refractivity contribution < 1.29 is 51.7 Å². The molecule has 0 spiro atoms. The molecule has 234 valence electrons. The molecule has 0 fully saturated rings. The summed E-state index contributed by atoms with van der Waals surface area (Å²) in [6, 6.07) is -1.44. The van der Waals surface area contributed by atoms with Crippen LogP contribution in [0.1, 0.15) is 91.0 Å². The summed E-state index contributed by atoms with van der Waals surface area (Å²) in [5.41, 5.74) is 0. The summed E-state index contributed by atoms with van der Waals surface area (Å²) in [7, 11) is -8.18. The zero-order valence-corrected chi connectivity index (χ0v) is 24.1. The summed E-state index contributed by atoms with van der Waals surface area (Å²) >= 11 is 0. The molecule has 4 N–H and O–H groups in total. The maximum atomic E-state index is 11.7. The first kappa shape index (κ1) is 47.0. The fourth-order valence-electron chi connectivity index (χ4n) is 2.05. The molecule has 14 heteroatoms. The van der Waals surface area contributed by atoms with E-state index in [2.05, 4.69) is 5.32 Å². The van der Waals surface area contributed by atoms with Crippen LogP contribution in [0.3, 0.4) is 0 Å². The number of carbonyl (C=O) groups is 2. The van der Waals surface area contributed by atoms with Crippen LogP contribution >= 0.6 is 15.6 Å². The molecule has 0 aliphatic heterocycles. The number of hydrogen-bond acceptors (Lipinski definition) is 8. The first-order valence-electron chi connectivity index (χ1n) is 11.6. The van der Waals surface area contributed by atoms with Crippen LogP contribution in [0.25, 0.3) is 0 Å². The Morgan fingerprint density at radius 3 is 1.32 bits per heavy atom. The zero-order chi connectivity index (χ0) is 28.0. The average Bonchev–Trinajstić information content (AvgIpc) is 2.67. The van der Waals surface area contributed by atoms with Gasteiger partial charge in [-0.1, -0.05) is 77.7 Å². The lowest BCUT2D eigenvalue weighted by atomic mass is 10.1. The predicted molar refractivity (Wildman–Crippen MR) is 152 cm³/mol. The van der Waals surface area contributed by atoms with Crippen LogP contribution < -0.4 is 5.32 Å². The van der Waals surface area contributed by atoms with Crippen molar-refractivity contribution in [3.05, 3.63) is 0 Å².